The first-order valence-corrected chi connectivity index (χ1v) is 8.19. The summed E-state index contributed by atoms with van der Waals surface area (Å²) < 4.78 is 0. The molecule has 0 radical (unpaired) electrons. The predicted octanol–water partition coefficient (Wildman–Crippen LogP) is 2.12. The normalized spacial score (nSPS) is 12.5. The van der Waals surface area contributed by atoms with Gasteiger partial charge in [-0.1, -0.05) is 18.2 Å². The number of nitrogens with one attached hydrogen (secondary N) is 2. The lowest BCUT2D eigenvalue weighted by Gasteiger charge is -2.12. The van der Waals surface area contributed by atoms with Crippen molar-refractivity contribution >= 4 is 17.5 Å². The van der Waals surface area contributed by atoms with Crippen molar-refractivity contribution in [3.8, 4) is 0 Å². The van der Waals surface area contributed by atoms with E-state index in [1.54, 1.807) is 24.3 Å². The van der Waals surface area contributed by atoms with Gasteiger partial charge in [-0.2, -0.15) is 0 Å². The molecule has 0 bridgehead atoms. The molecular weight excluding hydrogens is 302 g/mol. The number of para-hydroxylation sites is 1. The van der Waals surface area contributed by atoms with Crippen LogP contribution >= 0.6 is 0 Å². The Morgan fingerprint density at radius 1 is 1.00 bits per heavy atom. The zero-order chi connectivity index (χ0) is 16.9. The summed E-state index contributed by atoms with van der Waals surface area (Å²) in [5.41, 5.74) is 9.53. The summed E-state index contributed by atoms with van der Waals surface area (Å²) in [6, 6.07) is 12.8. The fraction of sp³-hybridized carbons (Fsp3) is 0.263. The second-order valence-electron chi connectivity index (χ2n) is 5.88. The van der Waals surface area contributed by atoms with Crippen LogP contribution in [0.1, 0.15) is 38.3 Å². The maximum absolute atomic E-state index is 12.5. The molecule has 2 amide bonds. The molecule has 4 N–H and O–H groups in total. The van der Waals surface area contributed by atoms with Crippen LogP contribution in [0.4, 0.5) is 5.69 Å². The summed E-state index contributed by atoms with van der Waals surface area (Å²) in [7, 11) is 0. The summed E-state index contributed by atoms with van der Waals surface area (Å²) >= 11 is 0. The van der Waals surface area contributed by atoms with Gasteiger partial charge in [0.1, 0.15) is 0 Å². The van der Waals surface area contributed by atoms with Crippen molar-refractivity contribution in [3.05, 3.63) is 64.7 Å². The summed E-state index contributed by atoms with van der Waals surface area (Å²) in [6.45, 7) is 0.765. The van der Waals surface area contributed by atoms with Gasteiger partial charge in [-0.15, -0.1) is 0 Å². The number of nitrogens with two attached hydrogens (primary N) is 1. The van der Waals surface area contributed by atoms with E-state index in [9.17, 15) is 9.59 Å². The number of aryl methyl sites for hydroxylation is 2. The molecule has 0 aromatic heterocycles. The van der Waals surface area contributed by atoms with Crippen LogP contribution in [0.5, 0.6) is 0 Å². The fourth-order valence-electron chi connectivity index (χ4n) is 2.98. The van der Waals surface area contributed by atoms with Crippen LogP contribution in [-0.2, 0) is 12.8 Å². The molecule has 0 spiro atoms. The van der Waals surface area contributed by atoms with Crippen molar-refractivity contribution in [1.29, 1.82) is 0 Å². The van der Waals surface area contributed by atoms with E-state index in [0.29, 0.717) is 29.9 Å². The number of hydrogen-bond donors (Lipinski definition) is 3. The Balaban J connectivity index is 1.78. The molecule has 1 aliphatic carbocycles. The van der Waals surface area contributed by atoms with Crippen molar-refractivity contribution < 1.29 is 9.59 Å². The zero-order valence-electron chi connectivity index (χ0n) is 13.5. The Bertz CT molecular complexity index is 771. The molecule has 2 aromatic rings. The molecular formula is C19H21N3O2. The van der Waals surface area contributed by atoms with Crippen LogP contribution in [0.25, 0.3) is 0 Å². The van der Waals surface area contributed by atoms with Crippen LogP contribution in [0.15, 0.2) is 42.5 Å². The van der Waals surface area contributed by atoms with E-state index in [4.69, 9.17) is 5.73 Å². The van der Waals surface area contributed by atoms with E-state index >= 15 is 0 Å². The lowest BCUT2D eigenvalue weighted by molar-refractivity contribution is 0.0955. The highest BCUT2D eigenvalue weighted by molar-refractivity contribution is 6.09. The molecule has 24 heavy (non-hydrogen) atoms. The van der Waals surface area contributed by atoms with E-state index in [2.05, 4.69) is 10.6 Å². The van der Waals surface area contributed by atoms with Crippen LogP contribution < -0.4 is 16.4 Å². The van der Waals surface area contributed by atoms with Gasteiger partial charge in [0, 0.05) is 18.7 Å². The van der Waals surface area contributed by atoms with Gasteiger partial charge in [-0.3, -0.25) is 9.59 Å². The van der Waals surface area contributed by atoms with Gasteiger partial charge in [0.2, 0.25) is 0 Å². The number of fused-ring (bicyclic) bond motifs is 1. The molecule has 2 aromatic carbocycles. The summed E-state index contributed by atoms with van der Waals surface area (Å²) in [4.78, 5) is 24.7. The SMILES string of the molecule is NCCNC(=O)c1ccccc1NC(=O)c1ccc2c(c1)CCC2. The highest BCUT2D eigenvalue weighted by Crippen LogP contribution is 2.23. The molecule has 0 unspecified atom stereocenters. The van der Waals surface area contributed by atoms with Gasteiger partial charge >= 0.3 is 0 Å². The molecule has 1 aliphatic rings. The zero-order valence-corrected chi connectivity index (χ0v) is 13.5. The molecule has 5 nitrogen and oxygen atoms in total. The second-order valence-corrected chi connectivity index (χ2v) is 5.88. The number of amides is 2. The smallest absolute Gasteiger partial charge is 0.255 e. The molecule has 0 fully saturated rings. The first kappa shape index (κ1) is 16.2. The topological polar surface area (TPSA) is 84.2 Å². The highest BCUT2D eigenvalue weighted by atomic mass is 16.2. The summed E-state index contributed by atoms with van der Waals surface area (Å²) in [6.07, 6.45) is 3.25. The summed E-state index contributed by atoms with van der Waals surface area (Å²) in [5.74, 6) is -0.450. The highest BCUT2D eigenvalue weighted by Gasteiger charge is 2.16. The van der Waals surface area contributed by atoms with E-state index in [1.807, 2.05) is 18.2 Å². The van der Waals surface area contributed by atoms with Gasteiger partial charge in [-0.05, 0) is 54.7 Å². The number of benzene rings is 2. The molecule has 0 atom stereocenters. The van der Waals surface area contributed by atoms with Crippen LogP contribution in [0.3, 0.4) is 0 Å². The number of anilines is 1. The Morgan fingerprint density at radius 2 is 1.79 bits per heavy atom. The average Bonchev–Trinajstić information content (AvgIpc) is 3.07. The Kier molecular flexibility index (Phi) is 4.91. The lowest BCUT2D eigenvalue weighted by Crippen LogP contribution is -2.30. The predicted molar refractivity (Wildman–Crippen MR) is 94.2 cm³/mol. The molecule has 0 aliphatic heterocycles. The van der Waals surface area contributed by atoms with Crippen LogP contribution in [0, 0.1) is 0 Å². The number of hydrogen-bond acceptors (Lipinski definition) is 3. The standard InChI is InChI=1S/C19H21N3O2/c20-10-11-21-19(24)16-6-1-2-7-17(16)22-18(23)15-9-8-13-4-3-5-14(13)12-15/h1-2,6-9,12H,3-5,10-11,20H2,(H,21,24)(H,22,23). The van der Waals surface area contributed by atoms with Gasteiger partial charge in [0.15, 0.2) is 0 Å². The van der Waals surface area contributed by atoms with E-state index in [-0.39, 0.29) is 11.8 Å². The molecule has 0 heterocycles. The van der Waals surface area contributed by atoms with Gasteiger partial charge < -0.3 is 16.4 Å². The van der Waals surface area contributed by atoms with E-state index < -0.39 is 0 Å². The first-order chi connectivity index (χ1) is 11.7. The van der Waals surface area contributed by atoms with Crippen molar-refractivity contribution in [1.82, 2.24) is 5.32 Å². The molecule has 5 heteroatoms. The van der Waals surface area contributed by atoms with Crippen molar-refractivity contribution in [2.24, 2.45) is 5.73 Å². The third-order valence-corrected chi connectivity index (χ3v) is 4.21. The molecule has 124 valence electrons. The molecule has 0 saturated heterocycles. The summed E-state index contributed by atoms with van der Waals surface area (Å²) in [5, 5.41) is 5.57. The minimum absolute atomic E-state index is 0.205. The van der Waals surface area contributed by atoms with Crippen molar-refractivity contribution in [3.63, 3.8) is 0 Å². The van der Waals surface area contributed by atoms with Crippen LogP contribution in [-0.4, -0.2) is 24.9 Å². The lowest BCUT2D eigenvalue weighted by atomic mass is 10.1. The van der Waals surface area contributed by atoms with Crippen molar-refractivity contribution in [2.45, 2.75) is 19.3 Å². The van der Waals surface area contributed by atoms with E-state index in [1.165, 1.54) is 11.1 Å². The maximum atomic E-state index is 12.5. The van der Waals surface area contributed by atoms with Gasteiger partial charge in [-0.25, -0.2) is 0 Å². The Morgan fingerprint density at radius 3 is 2.62 bits per heavy atom. The third kappa shape index (κ3) is 3.46. The minimum atomic E-state index is -0.245. The number of rotatable bonds is 5. The minimum Gasteiger partial charge on any atom is -0.351 e. The Hall–Kier alpha value is -2.66. The molecule has 0 saturated carbocycles. The quantitative estimate of drug-likeness (QED) is 0.788. The second kappa shape index (κ2) is 7.27. The number of carbonyl (C=O) groups excluding carboxylic acids is 2. The van der Waals surface area contributed by atoms with Gasteiger partial charge in [0.25, 0.3) is 11.8 Å². The van der Waals surface area contributed by atoms with Crippen LogP contribution in [0.2, 0.25) is 0 Å². The fourth-order valence-corrected chi connectivity index (χ4v) is 2.98. The Labute approximate surface area is 141 Å². The molecule has 3 rings (SSSR count). The van der Waals surface area contributed by atoms with E-state index in [0.717, 1.165) is 19.3 Å². The first-order valence-electron chi connectivity index (χ1n) is 8.19. The third-order valence-electron chi connectivity index (χ3n) is 4.21. The van der Waals surface area contributed by atoms with Crippen molar-refractivity contribution in [2.75, 3.05) is 18.4 Å². The maximum Gasteiger partial charge on any atom is 0.255 e. The largest absolute Gasteiger partial charge is 0.351 e. The average molecular weight is 323 g/mol. The number of carbonyl (C=O) groups is 2. The monoisotopic (exact) mass is 323 g/mol. The van der Waals surface area contributed by atoms with Gasteiger partial charge in [0.05, 0.1) is 11.3 Å².